The van der Waals surface area contributed by atoms with Gasteiger partial charge in [0.2, 0.25) is 12.3 Å². The molecule has 0 saturated carbocycles. The van der Waals surface area contributed by atoms with Crippen LogP contribution in [0, 0.1) is 0 Å². The highest BCUT2D eigenvalue weighted by molar-refractivity contribution is 7.08. The molecule has 1 amide bonds. The van der Waals surface area contributed by atoms with Gasteiger partial charge in [-0.15, -0.1) is 0 Å². The highest BCUT2D eigenvalue weighted by atomic mass is 32.1. The van der Waals surface area contributed by atoms with Crippen LogP contribution >= 0.6 is 11.3 Å². The van der Waals surface area contributed by atoms with Crippen molar-refractivity contribution >= 4 is 17.2 Å². The van der Waals surface area contributed by atoms with Crippen LogP contribution < -0.4 is 0 Å². The van der Waals surface area contributed by atoms with Crippen molar-refractivity contribution in [3.8, 4) is 0 Å². The first-order chi connectivity index (χ1) is 11.8. The summed E-state index contributed by atoms with van der Waals surface area (Å²) in [4.78, 5) is 18.8. The quantitative estimate of drug-likeness (QED) is 0.733. The van der Waals surface area contributed by atoms with E-state index in [0.717, 1.165) is 5.56 Å². The van der Waals surface area contributed by atoms with Crippen LogP contribution in [0.4, 0.5) is 0 Å². The smallest absolute Gasteiger partial charge is 0.227 e. The lowest BCUT2D eigenvalue weighted by molar-refractivity contribution is -0.129. The SMILES string of the molecule is O=C(Cc1ccsc1)N1CC(c2ccccc2)C(c2ncon2)C1. The van der Waals surface area contributed by atoms with E-state index in [0.29, 0.717) is 25.3 Å². The van der Waals surface area contributed by atoms with Crippen LogP contribution in [0.25, 0.3) is 0 Å². The van der Waals surface area contributed by atoms with Crippen molar-refractivity contribution in [1.29, 1.82) is 0 Å². The number of hydrogen-bond donors (Lipinski definition) is 0. The molecule has 24 heavy (non-hydrogen) atoms. The Morgan fingerprint density at radius 2 is 2.04 bits per heavy atom. The lowest BCUT2D eigenvalue weighted by atomic mass is 9.88. The third kappa shape index (κ3) is 2.97. The zero-order valence-electron chi connectivity index (χ0n) is 13.0. The summed E-state index contributed by atoms with van der Waals surface area (Å²) in [5, 5.41) is 8.05. The zero-order chi connectivity index (χ0) is 16.4. The molecule has 0 bridgehead atoms. The van der Waals surface area contributed by atoms with Gasteiger partial charge in [0.05, 0.1) is 6.42 Å². The van der Waals surface area contributed by atoms with Gasteiger partial charge < -0.3 is 9.42 Å². The van der Waals surface area contributed by atoms with E-state index in [1.807, 2.05) is 39.9 Å². The zero-order valence-corrected chi connectivity index (χ0v) is 13.9. The maximum Gasteiger partial charge on any atom is 0.227 e. The number of carbonyl (C=O) groups is 1. The van der Waals surface area contributed by atoms with E-state index < -0.39 is 0 Å². The topological polar surface area (TPSA) is 59.2 Å². The number of rotatable bonds is 4. The minimum Gasteiger partial charge on any atom is -0.343 e. The van der Waals surface area contributed by atoms with Crippen molar-refractivity contribution in [2.45, 2.75) is 18.3 Å². The minimum absolute atomic E-state index is 0.0672. The van der Waals surface area contributed by atoms with Gasteiger partial charge in [0.25, 0.3) is 0 Å². The van der Waals surface area contributed by atoms with Crippen molar-refractivity contribution in [2.75, 3.05) is 13.1 Å². The number of nitrogens with zero attached hydrogens (tertiary/aromatic N) is 3. The summed E-state index contributed by atoms with van der Waals surface area (Å²) < 4.78 is 4.93. The van der Waals surface area contributed by atoms with Crippen LogP contribution in [0.5, 0.6) is 0 Å². The van der Waals surface area contributed by atoms with E-state index in [9.17, 15) is 4.79 Å². The van der Waals surface area contributed by atoms with Crippen molar-refractivity contribution in [3.05, 3.63) is 70.5 Å². The van der Waals surface area contributed by atoms with Gasteiger partial charge in [-0.05, 0) is 28.0 Å². The molecule has 3 heterocycles. The van der Waals surface area contributed by atoms with Gasteiger partial charge in [0.15, 0.2) is 5.82 Å². The Bertz CT molecular complexity index is 787. The Morgan fingerprint density at radius 1 is 1.21 bits per heavy atom. The molecule has 1 saturated heterocycles. The largest absolute Gasteiger partial charge is 0.343 e. The standard InChI is InChI=1S/C18H17N3O2S/c22-17(8-13-6-7-24-11-13)21-9-15(14-4-2-1-3-5-14)16(10-21)18-19-12-23-20-18/h1-7,11-12,15-16H,8-10H2. The molecule has 0 aliphatic carbocycles. The van der Waals surface area contributed by atoms with Crippen molar-refractivity contribution in [2.24, 2.45) is 0 Å². The Kier molecular flexibility index (Phi) is 4.13. The Labute approximate surface area is 143 Å². The number of hydrogen-bond acceptors (Lipinski definition) is 5. The molecule has 0 N–H and O–H groups in total. The summed E-state index contributed by atoms with van der Waals surface area (Å²) >= 11 is 1.62. The number of benzene rings is 1. The van der Waals surface area contributed by atoms with Gasteiger partial charge in [-0.1, -0.05) is 35.5 Å². The summed E-state index contributed by atoms with van der Waals surface area (Å²) in [5.41, 5.74) is 2.28. The lowest BCUT2D eigenvalue weighted by Crippen LogP contribution is -2.30. The third-order valence-electron chi connectivity index (χ3n) is 4.55. The van der Waals surface area contributed by atoms with Crippen molar-refractivity contribution < 1.29 is 9.32 Å². The van der Waals surface area contributed by atoms with Crippen molar-refractivity contribution in [3.63, 3.8) is 0 Å². The fourth-order valence-corrected chi connectivity index (χ4v) is 4.00. The van der Waals surface area contributed by atoms with Gasteiger partial charge in [0, 0.05) is 24.9 Å². The number of aromatic nitrogens is 2. The second-order valence-corrected chi connectivity index (χ2v) is 6.80. The molecule has 0 radical (unpaired) electrons. The summed E-state index contributed by atoms with van der Waals surface area (Å²) in [6, 6.07) is 12.3. The highest BCUT2D eigenvalue weighted by Crippen LogP contribution is 2.38. The molecule has 6 heteroatoms. The van der Waals surface area contributed by atoms with Crippen LogP contribution in [0.2, 0.25) is 0 Å². The predicted octanol–water partition coefficient (Wildman–Crippen LogP) is 3.08. The second kappa shape index (κ2) is 6.57. The van der Waals surface area contributed by atoms with E-state index in [1.54, 1.807) is 11.3 Å². The fraction of sp³-hybridized carbons (Fsp3) is 0.278. The molecule has 1 fully saturated rings. The second-order valence-electron chi connectivity index (χ2n) is 6.02. The molecule has 4 rings (SSSR count). The number of likely N-dealkylation sites (tertiary alicyclic amines) is 1. The molecule has 3 aromatic rings. The summed E-state index contributed by atoms with van der Waals surface area (Å²) in [7, 11) is 0. The molecule has 2 atom stereocenters. The van der Waals surface area contributed by atoms with E-state index in [4.69, 9.17) is 4.52 Å². The molecule has 1 aromatic carbocycles. The van der Waals surface area contributed by atoms with Crippen LogP contribution in [-0.2, 0) is 11.2 Å². The summed E-state index contributed by atoms with van der Waals surface area (Å²) in [6.07, 6.45) is 1.80. The number of thiophene rings is 1. The molecule has 2 aromatic heterocycles. The first-order valence-corrected chi connectivity index (χ1v) is 8.85. The molecule has 2 unspecified atom stereocenters. The monoisotopic (exact) mass is 339 g/mol. The fourth-order valence-electron chi connectivity index (χ4n) is 3.33. The van der Waals surface area contributed by atoms with Gasteiger partial charge in [-0.25, -0.2) is 0 Å². The maximum absolute atomic E-state index is 12.7. The van der Waals surface area contributed by atoms with Gasteiger partial charge in [-0.3, -0.25) is 4.79 Å². The van der Waals surface area contributed by atoms with Crippen LogP contribution in [-0.4, -0.2) is 34.0 Å². The molecule has 0 spiro atoms. The molecule has 1 aliphatic rings. The lowest BCUT2D eigenvalue weighted by Gasteiger charge is -2.16. The predicted molar refractivity (Wildman–Crippen MR) is 90.8 cm³/mol. The average molecular weight is 339 g/mol. The van der Waals surface area contributed by atoms with E-state index in [-0.39, 0.29) is 17.7 Å². The van der Waals surface area contributed by atoms with Crippen LogP contribution in [0.15, 0.2) is 58.1 Å². The van der Waals surface area contributed by atoms with E-state index in [2.05, 4.69) is 22.3 Å². The molecule has 5 nitrogen and oxygen atoms in total. The van der Waals surface area contributed by atoms with E-state index >= 15 is 0 Å². The number of amides is 1. The highest BCUT2D eigenvalue weighted by Gasteiger charge is 2.39. The maximum atomic E-state index is 12.7. The average Bonchev–Trinajstić information content (AvgIpc) is 3.36. The molecular weight excluding hydrogens is 322 g/mol. The first-order valence-electron chi connectivity index (χ1n) is 7.91. The Morgan fingerprint density at radius 3 is 2.75 bits per heavy atom. The van der Waals surface area contributed by atoms with Gasteiger partial charge in [-0.2, -0.15) is 16.3 Å². The molecular formula is C18H17N3O2S. The summed E-state index contributed by atoms with van der Waals surface area (Å²) in [6.45, 7) is 1.31. The first kappa shape index (κ1) is 15.1. The Balaban J connectivity index is 1.57. The van der Waals surface area contributed by atoms with Crippen LogP contribution in [0.1, 0.15) is 28.8 Å². The minimum atomic E-state index is 0.0672. The normalized spacial score (nSPS) is 20.4. The molecule has 122 valence electrons. The molecule has 1 aliphatic heterocycles. The Hall–Kier alpha value is -2.47. The van der Waals surface area contributed by atoms with Gasteiger partial charge in [0.1, 0.15) is 0 Å². The van der Waals surface area contributed by atoms with Crippen LogP contribution in [0.3, 0.4) is 0 Å². The third-order valence-corrected chi connectivity index (χ3v) is 5.28. The van der Waals surface area contributed by atoms with Gasteiger partial charge >= 0.3 is 0 Å². The van der Waals surface area contributed by atoms with Crippen molar-refractivity contribution in [1.82, 2.24) is 15.0 Å². The summed E-state index contributed by atoms with van der Waals surface area (Å²) in [5.74, 6) is 1.09. The van der Waals surface area contributed by atoms with E-state index in [1.165, 1.54) is 12.0 Å². The number of carbonyl (C=O) groups excluding carboxylic acids is 1.